The second kappa shape index (κ2) is 6.24. The van der Waals surface area contributed by atoms with Crippen LogP contribution in [0.3, 0.4) is 0 Å². The number of aryl methyl sites for hydroxylation is 1. The maximum absolute atomic E-state index is 12.3. The average Bonchev–Trinajstić information content (AvgIpc) is 2.78. The minimum absolute atomic E-state index is 0.0429. The first-order valence-electron chi connectivity index (χ1n) is 7.17. The number of sulfonamides is 1. The summed E-state index contributed by atoms with van der Waals surface area (Å²) in [6.07, 6.45) is 4.62. The molecule has 1 heterocycles. The first-order chi connectivity index (χ1) is 9.44. The summed E-state index contributed by atoms with van der Waals surface area (Å²) in [6.45, 7) is 4.66. The zero-order chi connectivity index (χ0) is 14.8. The van der Waals surface area contributed by atoms with Crippen LogP contribution in [0, 0.1) is 18.8 Å². The first kappa shape index (κ1) is 15.5. The third kappa shape index (κ3) is 3.39. The van der Waals surface area contributed by atoms with Gasteiger partial charge in [0.25, 0.3) is 10.0 Å². The van der Waals surface area contributed by atoms with E-state index in [4.69, 9.17) is 5.73 Å². The lowest BCUT2D eigenvalue weighted by Crippen LogP contribution is -2.32. The summed E-state index contributed by atoms with van der Waals surface area (Å²) in [4.78, 5) is 0. The maximum atomic E-state index is 12.3. The highest BCUT2D eigenvalue weighted by Gasteiger charge is 2.25. The minimum atomic E-state index is -3.57. The monoisotopic (exact) mass is 300 g/mol. The number of nitrogens with zero attached hydrogens (tertiary/aromatic N) is 1. The van der Waals surface area contributed by atoms with Crippen LogP contribution >= 0.6 is 0 Å². The van der Waals surface area contributed by atoms with Gasteiger partial charge in [0, 0.05) is 24.3 Å². The fourth-order valence-corrected chi connectivity index (χ4v) is 4.25. The molecular formula is C13H24N4O2S. The molecule has 1 aliphatic carbocycles. The molecule has 0 saturated heterocycles. The fourth-order valence-electron chi connectivity index (χ4n) is 2.93. The molecule has 20 heavy (non-hydrogen) atoms. The van der Waals surface area contributed by atoms with Crippen molar-refractivity contribution in [3.05, 3.63) is 11.3 Å². The molecule has 4 N–H and O–H groups in total. The Morgan fingerprint density at radius 2 is 2.20 bits per heavy atom. The van der Waals surface area contributed by atoms with E-state index in [0.717, 1.165) is 12.8 Å². The van der Waals surface area contributed by atoms with E-state index in [9.17, 15) is 8.42 Å². The van der Waals surface area contributed by atoms with Gasteiger partial charge in [-0.25, -0.2) is 13.1 Å². The van der Waals surface area contributed by atoms with Crippen LogP contribution in [0.1, 0.15) is 43.9 Å². The molecular weight excluding hydrogens is 276 g/mol. The largest absolute Gasteiger partial charge is 0.326 e. The van der Waals surface area contributed by atoms with Gasteiger partial charge in [0.1, 0.15) is 0 Å². The average molecular weight is 300 g/mol. The normalized spacial score (nSPS) is 23.9. The topological polar surface area (TPSA) is 101 Å². The van der Waals surface area contributed by atoms with Gasteiger partial charge in [-0.15, -0.1) is 0 Å². The molecule has 2 atom stereocenters. The van der Waals surface area contributed by atoms with Crippen molar-refractivity contribution in [1.82, 2.24) is 14.9 Å². The van der Waals surface area contributed by atoms with E-state index in [1.165, 1.54) is 12.8 Å². The van der Waals surface area contributed by atoms with Crippen LogP contribution in [0.4, 0.5) is 0 Å². The quantitative estimate of drug-likeness (QED) is 0.762. The molecule has 1 aromatic heterocycles. The number of aromatic amines is 1. The molecule has 0 spiro atoms. The Balaban J connectivity index is 2.04. The number of nitrogens with two attached hydrogens (primary N) is 1. The van der Waals surface area contributed by atoms with Crippen molar-refractivity contribution in [1.29, 1.82) is 0 Å². The second-order valence-corrected chi connectivity index (χ2v) is 7.51. The van der Waals surface area contributed by atoms with E-state index < -0.39 is 10.0 Å². The van der Waals surface area contributed by atoms with Crippen molar-refractivity contribution in [3.63, 3.8) is 0 Å². The van der Waals surface area contributed by atoms with Gasteiger partial charge in [-0.1, -0.05) is 19.8 Å². The van der Waals surface area contributed by atoms with Crippen LogP contribution < -0.4 is 10.5 Å². The molecule has 1 aromatic rings. The van der Waals surface area contributed by atoms with E-state index in [2.05, 4.69) is 21.8 Å². The van der Waals surface area contributed by atoms with Crippen molar-refractivity contribution in [3.8, 4) is 0 Å². The second-order valence-electron chi connectivity index (χ2n) is 5.83. The van der Waals surface area contributed by atoms with Crippen LogP contribution in [-0.2, 0) is 16.6 Å². The van der Waals surface area contributed by atoms with Gasteiger partial charge in [-0.05, 0) is 31.6 Å². The smallest absolute Gasteiger partial charge is 0.260 e. The van der Waals surface area contributed by atoms with Gasteiger partial charge >= 0.3 is 0 Å². The molecule has 0 bridgehead atoms. The van der Waals surface area contributed by atoms with Crippen molar-refractivity contribution in [2.45, 2.75) is 51.1 Å². The van der Waals surface area contributed by atoms with Crippen molar-refractivity contribution >= 4 is 10.0 Å². The number of hydrogen-bond donors (Lipinski definition) is 3. The Morgan fingerprint density at radius 1 is 1.45 bits per heavy atom. The minimum Gasteiger partial charge on any atom is -0.326 e. The highest BCUT2D eigenvalue weighted by atomic mass is 32.2. The molecule has 6 nitrogen and oxygen atoms in total. The van der Waals surface area contributed by atoms with Crippen molar-refractivity contribution < 1.29 is 8.42 Å². The lowest BCUT2D eigenvalue weighted by molar-refractivity contribution is 0.283. The number of hydrogen-bond acceptors (Lipinski definition) is 4. The Labute approximate surface area is 120 Å². The van der Waals surface area contributed by atoms with E-state index in [0.29, 0.717) is 29.6 Å². The summed E-state index contributed by atoms with van der Waals surface area (Å²) in [5.41, 5.74) is 6.87. The zero-order valence-corrected chi connectivity index (χ0v) is 13.0. The summed E-state index contributed by atoms with van der Waals surface area (Å²) in [5.74, 6) is 1.11. The van der Waals surface area contributed by atoms with Gasteiger partial charge in [0.05, 0.1) is 0 Å². The van der Waals surface area contributed by atoms with Gasteiger partial charge in [0.2, 0.25) is 0 Å². The Kier molecular flexibility index (Phi) is 4.82. The fraction of sp³-hybridized carbons (Fsp3) is 0.769. The van der Waals surface area contributed by atoms with E-state index in [1.807, 2.05) is 0 Å². The summed E-state index contributed by atoms with van der Waals surface area (Å²) in [6, 6.07) is 0. The highest BCUT2D eigenvalue weighted by molar-refractivity contribution is 7.89. The van der Waals surface area contributed by atoms with Crippen LogP contribution in [0.5, 0.6) is 0 Å². The Morgan fingerprint density at radius 3 is 2.85 bits per heavy atom. The molecule has 114 valence electrons. The predicted octanol–water partition coefficient (Wildman–Crippen LogP) is 1.28. The van der Waals surface area contributed by atoms with Gasteiger partial charge in [0.15, 0.2) is 5.03 Å². The maximum Gasteiger partial charge on any atom is 0.260 e. The third-order valence-electron chi connectivity index (χ3n) is 4.10. The summed E-state index contributed by atoms with van der Waals surface area (Å²) in [5, 5.41) is 6.61. The van der Waals surface area contributed by atoms with Crippen LogP contribution in [-0.4, -0.2) is 25.2 Å². The van der Waals surface area contributed by atoms with Crippen LogP contribution in [0.2, 0.25) is 0 Å². The highest BCUT2D eigenvalue weighted by Crippen LogP contribution is 2.28. The van der Waals surface area contributed by atoms with Gasteiger partial charge in [-0.2, -0.15) is 5.10 Å². The van der Waals surface area contributed by atoms with E-state index >= 15 is 0 Å². The molecule has 0 radical (unpaired) electrons. The molecule has 0 aromatic carbocycles. The van der Waals surface area contributed by atoms with Crippen LogP contribution in [0.25, 0.3) is 0 Å². The first-order valence-corrected chi connectivity index (χ1v) is 8.66. The number of nitrogens with one attached hydrogen (secondary N) is 2. The number of aromatic nitrogens is 2. The Bertz CT molecular complexity index is 553. The lowest BCUT2D eigenvalue weighted by Gasteiger charge is -2.26. The van der Waals surface area contributed by atoms with Gasteiger partial charge in [-0.3, -0.25) is 5.10 Å². The molecule has 1 fully saturated rings. The zero-order valence-electron chi connectivity index (χ0n) is 12.1. The standard InChI is InChI=1S/C13H24N4O2S/c1-9-4-3-5-11(6-9)8-15-20(18,19)13-12(7-14)10(2)16-17-13/h9,11,15H,3-8,14H2,1-2H3,(H,16,17). The summed E-state index contributed by atoms with van der Waals surface area (Å²) < 4.78 is 27.3. The molecule has 0 aliphatic heterocycles. The SMILES string of the molecule is Cc1[nH]nc(S(=O)(=O)NCC2CCCC(C)C2)c1CN. The summed E-state index contributed by atoms with van der Waals surface area (Å²) >= 11 is 0. The molecule has 2 rings (SSSR count). The third-order valence-corrected chi connectivity index (χ3v) is 5.50. The van der Waals surface area contributed by atoms with Crippen molar-refractivity contribution in [2.24, 2.45) is 17.6 Å². The molecule has 7 heteroatoms. The lowest BCUT2D eigenvalue weighted by atomic mass is 9.83. The molecule has 1 aliphatic rings. The van der Waals surface area contributed by atoms with Gasteiger partial charge < -0.3 is 5.73 Å². The number of rotatable bonds is 5. The molecule has 0 amide bonds. The predicted molar refractivity (Wildman–Crippen MR) is 77.5 cm³/mol. The van der Waals surface area contributed by atoms with Crippen molar-refractivity contribution in [2.75, 3.05) is 6.54 Å². The number of H-pyrrole nitrogens is 1. The molecule has 2 unspecified atom stereocenters. The summed E-state index contributed by atoms with van der Waals surface area (Å²) in [7, 11) is -3.57. The van der Waals surface area contributed by atoms with Crippen LogP contribution in [0.15, 0.2) is 5.03 Å². The van der Waals surface area contributed by atoms with E-state index in [-0.39, 0.29) is 11.6 Å². The Hall–Kier alpha value is -0.920. The van der Waals surface area contributed by atoms with E-state index in [1.54, 1.807) is 6.92 Å². The molecule has 1 saturated carbocycles.